The molecule has 1 fully saturated rings. The number of carbonyl (C=O) groups excluding carboxylic acids is 1. The summed E-state index contributed by atoms with van der Waals surface area (Å²) in [5.74, 6) is 2.55. The zero-order chi connectivity index (χ0) is 21.1. The van der Waals surface area contributed by atoms with Crippen molar-refractivity contribution >= 4 is 5.91 Å². The number of piperidine rings is 1. The smallest absolute Gasteiger partial charge is 0.264 e. The van der Waals surface area contributed by atoms with Gasteiger partial charge in [-0.2, -0.15) is 4.98 Å². The van der Waals surface area contributed by atoms with E-state index in [0.717, 1.165) is 36.4 Å². The van der Waals surface area contributed by atoms with Crippen LogP contribution in [0.3, 0.4) is 0 Å². The summed E-state index contributed by atoms with van der Waals surface area (Å²) >= 11 is 0. The Morgan fingerprint density at radius 3 is 2.73 bits per heavy atom. The predicted octanol–water partition coefficient (Wildman–Crippen LogP) is 3.38. The first-order valence-electron chi connectivity index (χ1n) is 10.1. The van der Waals surface area contributed by atoms with Crippen molar-refractivity contribution in [2.24, 2.45) is 0 Å². The number of aromatic nitrogens is 3. The van der Waals surface area contributed by atoms with Crippen molar-refractivity contribution in [3.8, 4) is 5.75 Å². The summed E-state index contributed by atoms with van der Waals surface area (Å²) < 4.78 is 16.3. The van der Waals surface area contributed by atoms with Crippen LogP contribution in [0.25, 0.3) is 0 Å². The molecule has 2 aromatic heterocycles. The lowest BCUT2D eigenvalue weighted by Crippen LogP contribution is -2.48. The van der Waals surface area contributed by atoms with Crippen LogP contribution in [-0.2, 0) is 23.2 Å². The Labute approximate surface area is 175 Å². The lowest BCUT2D eigenvalue weighted by atomic mass is 9.81. The number of hydrogen-bond donors (Lipinski definition) is 0. The molecule has 0 radical (unpaired) electrons. The molecular weight excluding hydrogens is 384 g/mol. The van der Waals surface area contributed by atoms with Crippen LogP contribution in [0, 0.1) is 13.8 Å². The number of carbonyl (C=O) groups is 1. The van der Waals surface area contributed by atoms with Gasteiger partial charge in [-0.25, -0.2) is 0 Å². The van der Waals surface area contributed by atoms with E-state index >= 15 is 0 Å². The quantitative estimate of drug-likeness (QED) is 0.615. The molecule has 0 bridgehead atoms. The second-order valence-electron chi connectivity index (χ2n) is 8.07. The highest BCUT2D eigenvalue weighted by molar-refractivity contribution is 5.79. The Morgan fingerprint density at radius 2 is 2.00 bits per heavy atom. The van der Waals surface area contributed by atoms with Crippen LogP contribution in [0.15, 0.2) is 39.4 Å². The number of likely N-dealkylation sites (tertiary alicyclic amines) is 1. The van der Waals surface area contributed by atoms with E-state index in [-0.39, 0.29) is 17.9 Å². The van der Waals surface area contributed by atoms with Gasteiger partial charge >= 0.3 is 0 Å². The minimum Gasteiger partial charge on any atom is -0.484 e. The van der Waals surface area contributed by atoms with Crippen molar-refractivity contribution in [3.63, 3.8) is 0 Å². The largest absolute Gasteiger partial charge is 0.484 e. The molecule has 0 spiro atoms. The molecule has 8 nitrogen and oxygen atoms in total. The first-order chi connectivity index (χ1) is 14.4. The molecule has 1 aliphatic heterocycles. The standard InChI is InChI=1S/C22H26N4O4/c1-15-18(16(2)29-24-15)12-20(27)26-11-7-10-22(3,14-26)21-23-19(30-25-21)13-28-17-8-5-4-6-9-17/h4-6,8-9H,7,10-14H2,1-3H3. The molecule has 3 heterocycles. The van der Waals surface area contributed by atoms with E-state index < -0.39 is 0 Å². The Hall–Kier alpha value is -3.16. The van der Waals surface area contributed by atoms with Crippen molar-refractivity contribution in [2.45, 2.75) is 52.1 Å². The van der Waals surface area contributed by atoms with Crippen LogP contribution >= 0.6 is 0 Å². The van der Waals surface area contributed by atoms with Crippen molar-refractivity contribution in [1.29, 1.82) is 0 Å². The maximum absolute atomic E-state index is 12.9. The topological polar surface area (TPSA) is 94.5 Å². The molecule has 1 aliphatic rings. The van der Waals surface area contributed by atoms with Gasteiger partial charge in [0.05, 0.1) is 12.1 Å². The summed E-state index contributed by atoms with van der Waals surface area (Å²) in [5.41, 5.74) is 1.27. The fourth-order valence-corrected chi connectivity index (χ4v) is 3.87. The highest BCUT2D eigenvalue weighted by atomic mass is 16.5. The van der Waals surface area contributed by atoms with Crippen LogP contribution in [0.1, 0.15) is 48.5 Å². The van der Waals surface area contributed by atoms with Gasteiger partial charge in [-0.1, -0.05) is 35.4 Å². The van der Waals surface area contributed by atoms with Crippen molar-refractivity contribution in [1.82, 2.24) is 20.2 Å². The number of rotatable bonds is 6. The number of amides is 1. The Kier molecular flexibility index (Phi) is 5.57. The van der Waals surface area contributed by atoms with E-state index in [1.165, 1.54) is 0 Å². The van der Waals surface area contributed by atoms with Crippen LogP contribution in [-0.4, -0.2) is 39.2 Å². The number of benzene rings is 1. The monoisotopic (exact) mass is 410 g/mol. The van der Waals surface area contributed by atoms with E-state index in [1.807, 2.05) is 49.1 Å². The number of hydrogen-bond acceptors (Lipinski definition) is 7. The molecular formula is C22H26N4O4. The zero-order valence-electron chi connectivity index (χ0n) is 17.6. The fourth-order valence-electron chi connectivity index (χ4n) is 3.87. The number of para-hydroxylation sites is 1. The second-order valence-corrected chi connectivity index (χ2v) is 8.07. The third-order valence-electron chi connectivity index (χ3n) is 5.67. The maximum Gasteiger partial charge on any atom is 0.264 e. The minimum atomic E-state index is -0.360. The van der Waals surface area contributed by atoms with E-state index in [4.69, 9.17) is 13.8 Å². The minimum absolute atomic E-state index is 0.0615. The zero-order valence-corrected chi connectivity index (χ0v) is 17.6. The summed E-state index contributed by atoms with van der Waals surface area (Å²) in [7, 11) is 0. The van der Waals surface area contributed by atoms with Gasteiger partial charge in [-0.3, -0.25) is 4.79 Å². The van der Waals surface area contributed by atoms with E-state index in [2.05, 4.69) is 22.2 Å². The predicted molar refractivity (Wildman–Crippen MR) is 108 cm³/mol. The average molecular weight is 410 g/mol. The van der Waals surface area contributed by atoms with Gasteiger partial charge in [0.15, 0.2) is 12.4 Å². The van der Waals surface area contributed by atoms with Crippen LogP contribution in [0.2, 0.25) is 0 Å². The molecule has 0 aliphatic carbocycles. The number of nitrogens with zero attached hydrogens (tertiary/aromatic N) is 4. The maximum atomic E-state index is 12.9. The van der Waals surface area contributed by atoms with Crippen LogP contribution < -0.4 is 4.74 Å². The van der Waals surface area contributed by atoms with Crippen molar-refractivity contribution in [2.75, 3.05) is 13.1 Å². The lowest BCUT2D eigenvalue weighted by molar-refractivity contribution is -0.132. The molecule has 0 N–H and O–H groups in total. The Morgan fingerprint density at radius 1 is 1.20 bits per heavy atom. The van der Waals surface area contributed by atoms with Crippen molar-refractivity contribution < 1.29 is 18.6 Å². The van der Waals surface area contributed by atoms with Gasteiger partial charge in [0.2, 0.25) is 5.91 Å². The first kappa shape index (κ1) is 20.1. The molecule has 4 rings (SSSR count). The molecule has 1 amide bonds. The average Bonchev–Trinajstić information content (AvgIpc) is 3.36. The van der Waals surface area contributed by atoms with Gasteiger partial charge in [-0.15, -0.1) is 0 Å². The highest BCUT2D eigenvalue weighted by Gasteiger charge is 2.38. The fraction of sp³-hybridized carbons (Fsp3) is 0.455. The molecule has 1 saturated heterocycles. The third kappa shape index (κ3) is 4.22. The molecule has 1 unspecified atom stereocenters. The molecule has 158 valence electrons. The van der Waals surface area contributed by atoms with E-state index in [1.54, 1.807) is 0 Å². The summed E-state index contributed by atoms with van der Waals surface area (Å²) in [6.07, 6.45) is 2.06. The Balaban J connectivity index is 1.41. The van der Waals surface area contributed by atoms with Crippen molar-refractivity contribution in [3.05, 3.63) is 59.1 Å². The van der Waals surface area contributed by atoms with Gasteiger partial charge in [0, 0.05) is 24.1 Å². The molecule has 1 atom stereocenters. The van der Waals surface area contributed by atoms with Gasteiger partial charge < -0.3 is 18.7 Å². The highest BCUT2D eigenvalue weighted by Crippen LogP contribution is 2.32. The first-order valence-corrected chi connectivity index (χ1v) is 10.1. The van der Waals surface area contributed by atoms with E-state index in [0.29, 0.717) is 30.4 Å². The number of ether oxygens (including phenoxy) is 1. The SMILES string of the molecule is Cc1noc(C)c1CC(=O)N1CCCC(C)(c2noc(COc3ccccc3)n2)C1. The molecule has 8 heteroatoms. The molecule has 3 aromatic rings. The Bertz CT molecular complexity index is 994. The van der Waals surface area contributed by atoms with Gasteiger partial charge in [-0.05, 0) is 38.8 Å². The summed E-state index contributed by atoms with van der Waals surface area (Å²) in [6.45, 7) is 7.25. The molecule has 0 saturated carbocycles. The second kappa shape index (κ2) is 8.30. The number of aryl methyl sites for hydroxylation is 2. The summed E-state index contributed by atoms with van der Waals surface area (Å²) in [4.78, 5) is 19.4. The molecule has 1 aromatic carbocycles. The summed E-state index contributed by atoms with van der Waals surface area (Å²) in [5, 5.41) is 8.14. The van der Waals surface area contributed by atoms with Gasteiger partial charge in [0.1, 0.15) is 11.5 Å². The third-order valence-corrected chi connectivity index (χ3v) is 5.67. The summed E-state index contributed by atoms with van der Waals surface area (Å²) in [6, 6.07) is 9.50. The lowest BCUT2D eigenvalue weighted by Gasteiger charge is -2.38. The van der Waals surface area contributed by atoms with Gasteiger partial charge in [0.25, 0.3) is 5.89 Å². The van der Waals surface area contributed by atoms with E-state index in [9.17, 15) is 4.79 Å². The normalized spacial score (nSPS) is 19.1. The molecule has 30 heavy (non-hydrogen) atoms. The van der Waals surface area contributed by atoms with Crippen LogP contribution in [0.4, 0.5) is 0 Å². The van der Waals surface area contributed by atoms with Crippen LogP contribution in [0.5, 0.6) is 5.75 Å².